The highest BCUT2D eigenvalue weighted by Gasteiger charge is 2.33. The normalized spacial score (nSPS) is 19.6. The molecular weight excluding hydrogens is 262 g/mol. The van der Waals surface area contributed by atoms with Gasteiger partial charge >= 0.3 is 0 Å². The Morgan fingerprint density at radius 2 is 2.10 bits per heavy atom. The molecule has 4 rings (SSSR count). The Balaban J connectivity index is 1.88. The van der Waals surface area contributed by atoms with E-state index in [9.17, 15) is 4.79 Å². The fourth-order valence-corrected chi connectivity index (χ4v) is 3.08. The second kappa shape index (κ2) is 4.45. The Hall–Kier alpha value is -2.62. The Kier molecular flexibility index (Phi) is 2.57. The van der Waals surface area contributed by atoms with Crippen molar-refractivity contribution in [1.82, 2.24) is 10.2 Å². The van der Waals surface area contributed by atoms with Crippen LogP contribution in [0.25, 0.3) is 5.57 Å². The molecule has 0 fully saturated rings. The van der Waals surface area contributed by atoms with Gasteiger partial charge in [-0.15, -0.1) is 0 Å². The van der Waals surface area contributed by atoms with Gasteiger partial charge < -0.3 is 5.32 Å². The van der Waals surface area contributed by atoms with Crippen LogP contribution in [0.2, 0.25) is 0 Å². The quantitative estimate of drug-likeness (QED) is 0.886. The van der Waals surface area contributed by atoms with Crippen LogP contribution in [0.5, 0.6) is 0 Å². The van der Waals surface area contributed by atoms with Crippen molar-refractivity contribution in [3.8, 4) is 0 Å². The molecule has 0 radical (unpaired) electrons. The molecule has 1 unspecified atom stereocenters. The SMILES string of the molecule is Cc1ccccc1C1CC(=O)Nc2n[nH]c(C3=CC=C3)c21. The molecule has 0 saturated carbocycles. The van der Waals surface area contributed by atoms with E-state index in [1.807, 2.05) is 18.2 Å². The van der Waals surface area contributed by atoms with E-state index in [-0.39, 0.29) is 11.8 Å². The molecule has 0 saturated heterocycles. The molecular formula is C17H15N3O. The highest BCUT2D eigenvalue weighted by molar-refractivity contribution is 5.96. The molecule has 2 N–H and O–H groups in total. The number of aryl methyl sites for hydroxylation is 1. The summed E-state index contributed by atoms with van der Waals surface area (Å²) in [6.07, 6.45) is 6.58. The summed E-state index contributed by atoms with van der Waals surface area (Å²) < 4.78 is 0. The van der Waals surface area contributed by atoms with Crippen LogP contribution in [0.4, 0.5) is 5.82 Å². The number of rotatable bonds is 2. The van der Waals surface area contributed by atoms with Crippen LogP contribution in [0, 0.1) is 6.92 Å². The van der Waals surface area contributed by atoms with Gasteiger partial charge in [0, 0.05) is 17.9 Å². The van der Waals surface area contributed by atoms with E-state index in [0.717, 1.165) is 16.8 Å². The molecule has 0 spiro atoms. The number of nitrogens with zero attached hydrogens (tertiary/aromatic N) is 1. The number of aromatic amines is 1. The average molecular weight is 277 g/mol. The summed E-state index contributed by atoms with van der Waals surface area (Å²) in [6, 6.07) is 8.24. The first-order chi connectivity index (χ1) is 10.2. The first kappa shape index (κ1) is 12.1. The van der Waals surface area contributed by atoms with Crippen molar-refractivity contribution in [2.75, 3.05) is 5.32 Å². The van der Waals surface area contributed by atoms with Crippen LogP contribution >= 0.6 is 0 Å². The number of nitrogens with one attached hydrogen (secondary N) is 2. The van der Waals surface area contributed by atoms with Crippen LogP contribution in [-0.2, 0) is 4.79 Å². The van der Waals surface area contributed by atoms with Crippen molar-refractivity contribution in [2.24, 2.45) is 0 Å². The number of aromatic nitrogens is 2. The van der Waals surface area contributed by atoms with Gasteiger partial charge in [0.2, 0.25) is 5.91 Å². The van der Waals surface area contributed by atoms with Crippen molar-refractivity contribution in [2.45, 2.75) is 19.3 Å². The topological polar surface area (TPSA) is 57.8 Å². The number of hydrogen-bond donors (Lipinski definition) is 2. The number of hydrogen-bond acceptors (Lipinski definition) is 2. The summed E-state index contributed by atoms with van der Waals surface area (Å²) in [7, 11) is 0. The minimum absolute atomic E-state index is 0.0203. The van der Waals surface area contributed by atoms with E-state index in [0.29, 0.717) is 12.2 Å². The maximum Gasteiger partial charge on any atom is 0.226 e. The number of anilines is 1. The number of fused-ring (bicyclic) bond motifs is 1. The molecule has 1 aliphatic carbocycles. The van der Waals surface area contributed by atoms with Gasteiger partial charge in [0.05, 0.1) is 5.69 Å². The third-order valence-corrected chi connectivity index (χ3v) is 4.20. The molecule has 1 amide bonds. The van der Waals surface area contributed by atoms with E-state index in [1.54, 1.807) is 0 Å². The Labute approximate surface area is 122 Å². The molecule has 2 aliphatic rings. The molecule has 1 aromatic carbocycles. The number of amides is 1. The van der Waals surface area contributed by atoms with E-state index in [2.05, 4.69) is 46.7 Å². The lowest BCUT2D eigenvalue weighted by Crippen LogP contribution is -2.24. The predicted molar refractivity (Wildman–Crippen MR) is 82.0 cm³/mol. The molecule has 21 heavy (non-hydrogen) atoms. The lowest BCUT2D eigenvalue weighted by Gasteiger charge is -2.25. The first-order valence-corrected chi connectivity index (χ1v) is 7.06. The van der Waals surface area contributed by atoms with E-state index < -0.39 is 0 Å². The number of allylic oxidation sites excluding steroid dienone is 4. The summed E-state index contributed by atoms with van der Waals surface area (Å²) >= 11 is 0. The van der Waals surface area contributed by atoms with Crippen molar-refractivity contribution in [1.29, 1.82) is 0 Å². The number of carbonyl (C=O) groups excluding carboxylic acids is 1. The standard InChI is InChI=1S/C17H15N3O/c1-10-5-2-3-8-12(10)13-9-14(21)18-17-15(13)16(19-20-17)11-6-4-7-11/h2-8,13H,9H2,1H3,(H2,18,19,20,21). The third kappa shape index (κ3) is 1.83. The van der Waals surface area contributed by atoms with Crippen molar-refractivity contribution < 1.29 is 4.79 Å². The molecule has 1 aliphatic heterocycles. The van der Waals surface area contributed by atoms with Gasteiger partial charge in [0.1, 0.15) is 0 Å². The van der Waals surface area contributed by atoms with Crippen LogP contribution in [-0.4, -0.2) is 16.1 Å². The zero-order chi connectivity index (χ0) is 14.4. The zero-order valence-electron chi connectivity index (χ0n) is 11.7. The average Bonchev–Trinajstić information content (AvgIpc) is 2.80. The fraction of sp³-hybridized carbons (Fsp3) is 0.176. The van der Waals surface area contributed by atoms with Crippen molar-refractivity contribution >= 4 is 17.3 Å². The van der Waals surface area contributed by atoms with Gasteiger partial charge in [-0.1, -0.05) is 42.5 Å². The maximum absolute atomic E-state index is 12.0. The van der Waals surface area contributed by atoms with Gasteiger partial charge in [-0.05, 0) is 23.6 Å². The van der Waals surface area contributed by atoms with Gasteiger partial charge in [0.15, 0.2) is 5.82 Å². The monoisotopic (exact) mass is 277 g/mol. The van der Waals surface area contributed by atoms with Crippen LogP contribution in [0.1, 0.15) is 34.7 Å². The molecule has 2 heterocycles. The van der Waals surface area contributed by atoms with E-state index in [4.69, 9.17) is 0 Å². The molecule has 4 nitrogen and oxygen atoms in total. The van der Waals surface area contributed by atoms with Gasteiger partial charge in [-0.2, -0.15) is 5.10 Å². The van der Waals surface area contributed by atoms with Crippen LogP contribution in [0.15, 0.2) is 42.5 Å². The fourth-order valence-electron chi connectivity index (χ4n) is 3.08. The predicted octanol–water partition coefficient (Wildman–Crippen LogP) is 3.15. The van der Waals surface area contributed by atoms with Crippen molar-refractivity contribution in [3.63, 3.8) is 0 Å². The highest BCUT2D eigenvalue weighted by atomic mass is 16.1. The molecule has 4 heteroatoms. The summed E-state index contributed by atoms with van der Waals surface area (Å²) in [5, 5.41) is 10.2. The molecule has 1 aromatic heterocycles. The minimum Gasteiger partial charge on any atom is -0.309 e. The van der Waals surface area contributed by atoms with Gasteiger partial charge in [0.25, 0.3) is 0 Å². The molecule has 104 valence electrons. The Morgan fingerprint density at radius 3 is 2.81 bits per heavy atom. The molecule has 2 aromatic rings. The van der Waals surface area contributed by atoms with Crippen LogP contribution in [0.3, 0.4) is 0 Å². The smallest absolute Gasteiger partial charge is 0.226 e. The Bertz CT molecular complexity index is 798. The molecule has 0 bridgehead atoms. The van der Waals surface area contributed by atoms with E-state index >= 15 is 0 Å². The third-order valence-electron chi connectivity index (χ3n) is 4.20. The van der Waals surface area contributed by atoms with Crippen LogP contribution < -0.4 is 5.32 Å². The largest absolute Gasteiger partial charge is 0.309 e. The summed E-state index contributed by atoms with van der Waals surface area (Å²) in [6.45, 7) is 2.09. The second-order valence-electron chi connectivity index (χ2n) is 5.50. The summed E-state index contributed by atoms with van der Waals surface area (Å²) in [5.41, 5.74) is 5.65. The zero-order valence-corrected chi connectivity index (χ0v) is 11.7. The van der Waals surface area contributed by atoms with Crippen molar-refractivity contribution in [3.05, 3.63) is 64.9 Å². The minimum atomic E-state index is 0.0203. The summed E-state index contributed by atoms with van der Waals surface area (Å²) in [5.74, 6) is 0.737. The van der Waals surface area contributed by atoms with E-state index in [1.165, 1.54) is 11.1 Å². The maximum atomic E-state index is 12.0. The van der Waals surface area contributed by atoms with Gasteiger partial charge in [-0.25, -0.2) is 0 Å². The Morgan fingerprint density at radius 1 is 1.29 bits per heavy atom. The second-order valence-corrected chi connectivity index (χ2v) is 5.50. The highest BCUT2D eigenvalue weighted by Crippen LogP contribution is 2.42. The lowest BCUT2D eigenvalue weighted by molar-refractivity contribution is -0.116. The molecule has 1 atom stereocenters. The lowest BCUT2D eigenvalue weighted by atomic mass is 9.82. The number of benzene rings is 1. The number of carbonyl (C=O) groups is 1. The van der Waals surface area contributed by atoms with Gasteiger partial charge in [-0.3, -0.25) is 9.89 Å². The number of H-pyrrole nitrogens is 1. The summed E-state index contributed by atoms with van der Waals surface area (Å²) in [4.78, 5) is 12.0. The first-order valence-electron chi connectivity index (χ1n) is 7.06.